The fourth-order valence-corrected chi connectivity index (χ4v) is 4.71. The van der Waals surface area contributed by atoms with Gasteiger partial charge < -0.3 is 19.7 Å². The van der Waals surface area contributed by atoms with Gasteiger partial charge in [0.2, 0.25) is 5.91 Å². The van der Waals surface area contributed by atoms with Crippen molar-refractivity contribution in [3.05, 3.63) is 53.8 Å². The Balaban J connectivity index is 1.38. The van der Waals surface area contributed by atoms with Crippen LogP contribution in [0.15, 0.2) is 42.5 Å². The Morgan fingerprint density at radius 3 is 2.70 bits per heavy atom. The van der Waals surface area contributed by atoms with Crippen molar-refractivity contribution in [2.24, 2.45) is 0 Å². The predicted octanol–water partition coefficient (Wildman–Crippen LogP) is 3.72. The van der Waals surface area contributed by atoms with Gasteiger partial charge in [-0.15, -0.1) is 0 Å². The van der Waals surface area contributed by atoms with Crippen LogP contribution in [-0.2, 0) is 20.7 Å². The smallest absolute Gasteiger partial charge is 0.252 e. The predicted molar refractivity (Wildman–Crippen MR) is 123 cm³/mol. The summed E-state index contributed by atoms with van der Waals surface area (Å²) in [6.45, 7) is 2.58. The highest BCUT2D eigenvalue weighted by Gasteiger charge is 2.42. The average molecular weight is 455 g/mol. The van der Waals surface area contributed by atoms with Gasteiger partial charge in [-0.1, -0.05) is 24.3 Å². The third-order valence-electron chi connectivity index (χ3n) is 6.50. The van der Waals surface area contributed by atoms with E-state index in [9.17, 15) is 14.0 Å². The van der Waals surface area contributed by atoms with Crippen molar-refractivity contribution in [2.45, 2.75) is 44.1 Å². The van der Waals surface area contributed by atoms with Crippen molar-refractivity contribution >= 4 is 11.8 Å². The summed E-state index contributed by atoms with van der Waals surface area (Å²) in [4.78, 5) is 26.7. The van der Waals surface area contributed by atoms with E-state index in [4.69, 9.17) is 9.47 Å². The number of hydrogen-bond acceptors (Lipinski definition) is 4. The summed E-state index contributed by atoms with van der Waals surface area (Å²) >= 11 is 0. The Morgan fingerprint density at radius 1 is 1.21 bits per heavy atom. The van der Waals surface area contributed by atoms with Crippen LogP contribution in [0.4, 0.5) is 4.39 Å². The van der Waals surface area contributed by atoms with Crippen LogP contribution in [-0.4, -0.2) is 55.7 Å². The molecule has 6 nitrogen and oxygen atoms in total. The summed E-state index contributed by atoms with van der Waals surface area (Å²) in [5.74, 6) is 0.397. The van der Waals surface area contributed by atoms with Crippen molar-refractivity contribution in [3.63, 3.8) is 0 Å². The Hall–Kier alpha value is -2.93. The molecule has 0 bridgehead atoms. The number of ether oxygens (including phenoxy) is 2. The molecule has 0 saturated carbocycles. The quantitative estimate of drug-likeness (QED) is 0.587. The second-order valence-electron chi connectivity index (χ2n) is 8.76. The van der Waals surface area contributed by atoms with E-state index in [2.05, 4.69) is 5.32 Å². The van der Waals surface area contributed by atoms with Crippen LogP contribution >= 0.6 is 0 Å². The molecule has 2 aliphatic heterocycles. The average Bonchev–Trinajstić information content (AvgIpc) is 3.47. The molecule has 2 saturated heterocycles. The maximum Gasteiger partial charge on any atom is 0.252 e. The molecular weight excluding hydrogens is 423 g/mol. The van der Waals surface area contributed by atoms with Gasteiger partial charge in [0.05, 0.1) is 7.11 Å². The highest BCUT2D eigenvalue weighted by atomic mass is 19.1. The molecule has 2 aliphatic rings. The van der Waals surface area contributed by atoms with Crippen LogP contribution in [0.5, 0.6) is 5.75 Å². The van der Waals surface area contributed by atoms with E-state index < -0.39 is 5.60 Å². The molecule has 176 valence electrons. The largest absolute Gasteiger partial charge is 0.496 e. The fourth-order valence-electron chi connectivity index (χ4n) is 4.71. The Bertz CT molecular complexity index is 986. The van der Waals surface area contributed by atoms with E-state index >= 15 is 0 Å². The van der Waals surface area contributed by atoms with Gasteiger partial charge >= 0.3 is 0 Å². The van der Waals surface area contributed by atoms with Crippen LogP contribution < -0.4 is 10.1 Å². The number of carbonyl (C=O) groups is 2. The molecule has 33 heavy (non-hydrogen) atoms. The third kappa shape index (κ3) is 5.36. The summed E-state index contributed by atoms with van der Waals surface area (Å²) in [7, 11) is 1.56. The Morgan fingerprint density at radius 2 is 2.03 bits per heavy atom. The molecule has 0 unspecified atom stereocenters. The fraction of sp³-hybridized carbons (Fsp3) is 0.462. The van der Waals surface area contributed by atoms with Crippen LogP contribution in [0, 0.1) is 5.82 Å². The van der Waals surface area contributed by atoms with Crippen LogP contribution in [0.25, 0.3) is 11.1 Å². The number of methoxy groups -OCH3 is 1. The van der Waals surface area contributed by atoms with Gasteiger partial charge in [-0.05, 0) is 55.0 Å². The monoisotopic (exact) mass is 454 g/mol. The lowest BCUT2D eigenvalue weighted by Gasteiger charge is -2.27. The van der Waals surface area contributed by atoms with Crippen molar-refractivity contribution in [1.82, 2.24) is 10.2 Å². The summed E-state index contributed by atoms with van der Waals surface area (Å²) in [6.07, 6.45) is 4.28. The first-order chi connectivity index (χ1) is 16.0. The minimum atomic E-state index is -0.873. The summed E-state index contributed by atoms with van der Waals surface area (Å²) in [5, 5.41) is 3.02. The van der Waals surface area contributed by atoms with Crippen molar-refractivity contribution in [1.29, 1.82) is 0 Å². The van der Waals surface area contributed by atoms with Crippen LogP contribution in [0.1, 0.15) is 37.7 Å². The maximum absolute atomic E-state index is 13.8. The molecule has 0 aromatic heterocycles. The molecule has 7 heteroatoms. The lowest BCUT2D eigenvalue weighted by Crippen LogP contribution is -2.48. The normalized spacial score (nSPS) is 20.3. The molecule has 2 aromatic carbocycles. The number of hydrogen-bond donors (Lipinski definition) is 1. The lowest BCUT2D eigenvalue weighted by molar-refractivity contribution is -0.141. The first-order valence-electron chi connectivity index (χ1n) is 11.6. The molecule has 0 aliphatic carbocycles. The standard InChI is InChI=1S/C26H31FN2O4/c1-32-23-11-10-21(27)17-22(23)20-8-6-19(7-9-20)18-26(12-3-16-33-26)25(31)28-13-4-15-29-14-2-5-24(29)30/h6-11,17H,2-5,12-16,18H2,1H3,(H,28,31)/t26-/m0/s1. The minimum Gasteiger partial charge on any atom is -0.496 e. The minimum absolute atomic E-state index is 0.0939. The first kappa shape index (κ1) is 23.2. The van der Waals surface area contributed by atoms with E-state index in [0.717, 1.165) is 36.9 Å². The van der Waals surface area contributed by atoms with E-state index in [0.29, 0.717) is 50.3 Å². The molecule has 1 N–H and O–H groups in total. The Kier molecular flexibility index (Phi) is 7.28. The van der Waals surface area contributed by atoms with Crippen molar-refractivity contribution in [3.8, 4) is 16.9 Å². The maximum atomic E-state index is 13.8. The summed E-state index contributed by atoms with van der Waals surface area (Å²) < 4.78 is 25.1. The van der Waals surface area contributed by atoms with Gasteiger partial charge in [-0.25, -0.2) is 4.39 Å². The van der Waals surface area contributed by atoms with Gasteiger partial charge in [-0.3, -0.25) is 9.59 Å². The molecular formula is C26H31FN2O4. The Labute approximate surface area is 194 Å². The second kappa shape index (κ2) is 10.3. The van der Waals surface area contributed by atoms with Gasteiger partial charge in [-0.2, -0.15) is 0 Å². The number of carbonyl (C=O) groups excluding carboxylic acids is 2. The third-order valence-corrected chi connectivity index (χ3v) is 6.50. The number of rotatable bonds is 9. The molecule has 0 radical (unpaired) electrons. The van der Waals surface area contributed by atoms with Crippen LogP contribution in [0.3, 0.4) is 0 Å². The molecule has 2 heterocycles. The van der Waals surface area contributed by atoms with E-state index in [1.54, 1.807) is 13.2 Å². The number of nitrogens with zero attached hydrogens (tertiary/aromatic N) is 1. The van der Waals surface area contributed by atoms with Crippen LogP contribution in [0.2, 0.25) is 0 Å². The zero-order valence-corrected chi connectivity index (χ0v) is 19.1. The van der Waals surface area contributed by atoms with Gasteiger partial charge in [0.15, 0.2) is 5.60 Å². The number of benzene rings is 2. The molecule has 2 aromatic rings. The highest BCUT2D eigenvalue weighted by molar-refractivity contribution is 5.86. The first-order valence-corrected chi connectivity index (χ1v) is 11.6. The van der Waals surface area contributed by atoms with Gasteiger partial charge in [0.25, 0.3) is 5.91 Å². The molecule has 2 fully saturated rings. The van der Waals surface area contributed by atoms with Crippen molar-refractivity contribution < 1.29 is 23.5 Å². The van der Waals surface area contributed by atoms with E-state index in [1.807, 2.05) is 29.2 Å². The van der Waals surface area contributed by atoms with Gasteiger partial charge in [0, 0.05) is 44.6 Å². The summed E-state index contributed by atoms with van der Waals surface area (Å²) in [5.41, 5.74) is 1.64. The van der Waals surface area contributed by atoms with Crippen molar-refractivity contribution in [2.75, 3.05) is 33.4 Å². The zero-order chi connectivity index (χ0) is 23.3. The number of halogens is 1. The molecule has 2 amide bonds. The van der Waals surface area contributed by atoms with Gasteiger partial charge in [0.1, 0.15) is 11.6 Å². The zero-order valence-electron chi connectivity index (χ0n) is 19.1. The molecule has 4 rings (SSSR count). The molecule has 1 atom stereocenters. The number of nitrogens with one attached hydrogen (secondary N) is 1. The SMILES string of the molecule is COc1ccc(F)cc1-c1ccc(C[C@]2(C(=O)NCCCN3CCCC3=O)CCCO2)cc1. The lowest BCUT2D eigenvalue weighted by atomic mass is 9.89. The van der Waals surface area contributed by atoms with E-state index in [1.165, 1.54) is 12.1 Å². The second-order valence-corrected chi connectivity index (χ2v) is 8.76. The highest BCUT2D eigenvalue weighted by Crippen LogP contribution is 2.33. The van der Waals surface area contributed by atoms with E-state index in [-0.39, 0.29) is 17.6 Å². The number of amides is 2. The topological polar surface area (TPSA) is 67.9 Å². The number of likely N-dealkylation sites (tertiary alicyclic amines) is 1. The molecule has 0 spiro atoms. The summed E-state index contributed by atoms with van der Waals surface area (Å²) in [6, 6.07) is 12.2.